The van der Waals surface area contributed by atoms with Crippen molar-refractivity contribution in [2.24, 2.45) is 5.92 Å². The molecule has 1 N–H and O–H groups in total. The van der Waals surface area contributed by atoms with Gasteiger partial charge in [0.15, 0.2) is 5.78 Å². The Hall–Kier alpha value is -2.52. The number of hydrogen-bond donors (Lipinski definition) is 1. The van der Waals surface area contributed by atoms with Crippen molar-refractivity contribution in [3.63, 3.8) is 0 Å². The fourth-order valence-corrected chi connectivity index (χ4v) is 3.87. The molecule has 2 unspecified atom stereocenters. The minimum atomic E-state index is -0.287. The van der Waals surface area contributed by atoms with Gasteiger partial charge in [0.05, 0.1) is 0 Å². The van der Waals surface area contributed by atoms with Crippen LogP contribution in [-0.2, 0) is 4.79 Å². The highest BCUT2D eigenvalue weighted by molar-refractivity contribution is 6.22. The smallest absolute Gasteiger partial charge is 0.187 e. The molecule has 0 saturated carbocycles. The van der Waals surface area contributed by atoms with Crippen LogP contribution in [0.5, 0.6) is 0 Å². The molecule has 3 heteroatoms. The molecular weight excluding hydrogens is 300 g/mol. The molecule has 2 aliphatic carbocycles. The van der Waals surface area contributed by atoms with Gasteiger partial charge in [0.2, 0.25) is 0 Å². The van der Waals surface area contributed by atoms with Crippen molar-refractivity contribution in [2.45, 2.75) is 19.3 Å². The minimum absolute atomic E-state index is 0.00293. The molecule has 2 atom stereocenters. The predicted molar refractivity (Wildman–Crippen MR) is 93.0 cm³/mol. The van der Waals surface area contributed by atoms with Crippen LogP contribution < -0.4 is 10.4 Å². The van der Waals surface area contributed by atoms with E-state index in [1.807, 2.05) is 49.4 Å². The van der Waals surface area contributed by atoms with Gasteiger partial charge in [0, 0.05) is 24.0 Å². The topological polar surface area (TPSA) is 54.4 Å². The highest BCUT2D eigenvalue weighted by Gasteiger charge is 2.29. The molecule has 24 heavy (non-hydrogen) atoms. The molecule has 0 fully saturated rings. The maximum Gasteiger partial charge on any atom is 0.187 e. The van der Waals surface area contributed by atoms with E-state index in [9.17, 15) is 14.7 Å². The fraction of sp³-hybridized carbons (Fsp3) is 0.238. The second-order valence-electron chi connectivity index (χ2n) is 6.49. The summed E-state index contributed by atoms with van der Waals surface area (Å²) < 4.78 is 0. The predicted octanol–water partition coefficient (Wildman–Crippen LogP) is 1.80. The number of carbonyl (C=O) groups excluding carboxylic acids is 2. The molecule has 4 rings (SSSR count). The van der Waals surface area contributed by atoms with Gasteiger partial charge < -0.3 is 5.11 Å². The first-order valence-electron chi connectivity index (χ1n) is 8.26. The maximum absolute atomic E-state index is 12.5. The van der Waals surface area contributed by atoms with Crippen molar-refractivity contribution < 1.29 is 14.7 Å². The zero-order valence-electron chi connectivity index (χ0n) is 13.5. The van der Waals surface area contributed by atoms with Crippen LogP contribution in [-0.4, -0.2) is 23.3 Å². The lowest BCUT2D eigenvalue weighted by atomic mass is 9.78. The molecule has 2 aromatic rings. The number of carbonyl (C=O) groups is 2. The van der Waals surface area contributed by atoms with Gasteiger partial charge in [-0.1, -0.05) is 49.4 Å². The summed E-state index contributed by atoms with van der Waals surface area (Å²) in [5.74, 6) is -0.362. The van der Waals surface area contributed by atoms with E-state index in [4.69, 9.17) is 0 Å². The average molecular weight is 318 g/mol. The van der Waals surface area contributed by atoms with Crippen LogP contribution in [0.4, 0.5) is 0 Å². The lowest BCUT2D eigenvalue weighted by molar-refractivity contribution is -0.122. The first-order valence-corrected chi connectivity index (χ1v) is 8.26. The van der Waals surface area contributed by atoms with Crippen molar-refractivity contribution in [2.75, 3.05) is 6.61 Å². The summed E-state index contributed by atoms with van der Waals surface area (Å²) in [4.78, 5) is 25.0. The van der Waals surface area contributed by atoms with Crippen molar-refractivity contribution >= 4 is 23.7 Å². The number of fused-ring (bicyclic) bond motifs is 5. The molecule has 0 amide bonds. The van der Waals surface area contributed by atoms with Crippen LogP contribution in [0.25, 0.3) is 23.3 Å². The van der Waals surface area contributed by atoms with Crippen LogP contribution in [0, 0.1) is 5.92 Å². The molecule has 2 aromatic carbocycles. The summed E-state index contributed by atoms with van der Waals surface area (Å²) in [7, 11) is 0. The molecule has 0 bridgehead atoms. The summed E-state index contributed by atoms with van der Waals surface area (Å²) >= 11 is 0. The standard InChI is InChI=1S/C21H18O3/c1-12-14-6-7-16-15-4-2-3-5-17(15)20(23)11-19(16)18(14)10-13(8-9-22)21(12)24/h2-7,10-13,22H,8-9H2,1H3. The lowest BCUT2D eigenvalue weighted by Crippen LogP contribution is -2.41. The molecule has 0 aromatic heterocycles. The zero-order valence-corrected chi connectivity index (χ0v) is 13.5. The van der Waals surface area contributed by atoms with Gasteiger partial charge in [0.1, 0.15) is 5.78 Å². The average Bonchev–Trinajstić information content (AvgIpc) is 2.60. The highest BCUT2D eigenvalue weighted by Crippen LogP contribution is 2.28. The first-order chi connectivity index (χ1) is 11.6. The molecule has 120 valence electrons. The summed E-state index contributed by atoms with van der Waals surface area (Å²) in [6.45, 7) is 1.89. The number of rotatable bonds is 2. The van der Waals surface area contributed by atoms with Gasteiger partial charge in [-0.05, 0) is 39.6 Å². The number of aliphatic hydroxyl groups excluding tert-OH is 1. The monoisotopic (exact) mass is 318 g/mol. The normalized spacial score (nSPS) is 21.2. The Balaban J connectivity index is 2.05. The van der Waals surface area contributed by atoms with Crippen LogP contribution in [0.15, 0.2) is 36.4 Å². The van der Waals surface area contributed by atoms with Crippen molar-refractivity contribution in [3.8, 4) is 11.1 Å². The van der Waals surface area contributed by atoms with Gasteiger partial charge in [-0.2, -0.15) is 0 Å². The summed E-state index contributed by atoms with van der Waals surface area (Å²) in [6.07, 6.45) is 4.05. The highest BCUT2D eigenvalue weighted by atomic mass is 16.3. The number of ketones is 2. The second kappa shape index (κ2) is 5.53. The Morgan fingerprint density at radius 3 is 2.46 bits per heavy atom. The van der Waals surface area contributed by atoms with Gasteiger partial charge in [-0.15, -0.1) is 0 Å². The SMILES string of the molecule is CC1C(=O)C(CCO)C=c2c1ccc1c2=CC(=O)c2ccccc2-1. The molecule has 3 nitrogen and oxygen atoms in total. The molecule has 0 heterocycles. The van der Waals surface area contributed by atoms with E-state index in [0.717, 1.165) is 32.7 Å². The molecule has 0 aliphatic heterocycles. The second-order valence-corrected chi connectivity index (χ2v) is 6.49. The third kappa shape index (κ3) is 2.09. The Labute approximate surface area is 139 Å². The number of aliphatic hydroxyl groups is 1. The third-order valence-corrected chi connectivity index (χ3v) is 5.15. The molecular formula is C21H18O3. The number of benzene rings is 2. The molecule has 0 radical (unpaired) electrons. The quantitative estimate of drug-likeness (QED) is 0.918. The fourth-order valence-electron chi connectivity index (χ4n) is 3.87. The summed E-state index contributed by atoms with van der Waals surface area (Å²) in [5, 5.41) is 11.1. The van der Waals surface area contributed by atoms with Crippen LogP contribution >= 0.6 is 0 Å². The van der Waals surface area contributed by atoms with Gasteiger partial charge in [-0.25, -0.2) is 0 Å². The van der Waals surface area contributed by atoms with Crippen LogP contribution in [0.1, 0.15) is 35.2 Å². The van der Waals surface area contributed by atoms with E-state index in [2.05, 4.69) is 0 Å². The van der Waals surface area contributed by atoms with Crippen molar-refractivity contribution in [1.29, 1.82) is 0 Å². The van der Waals surface area contributed by atoms with Crippen LogP contribution in [0.2, 0.25) is 0 Å². The Morgan fingerprint density at radius 2 is 1.71 bits per heavy atom. The number of hydrogen-bond acceptors (Lipinski definition) is 3. The summed E-state index contributed by atoms with van der Waals surface area (Å²) in [6, 6.07) is 11.6. The zero-order chi connectivity index (χ0) is 16.8. The Kier molecular flexibility index (Phi) is 3.47. The van der Waals surface area contributed by atoms with Gasteiger partial charge >= 0.3 is 0 Å². The lowest BCUT2D eigenvalue weighted by Gasteiger charge is -2.24. The van der Waals surface area contributed by atoms with E-state index in [0.29, 0.717) is 6.42 Å². The van der Waals surface area contributed by atoms with E-state index in [1.54, 1.807) is 6.08 Å². The van der Waals surface area contributed by atoms with E-state index < -0.39 is 0 Å². The Bertz CT molecular complexity index is 985. The maximum atomic E-state index is 12.5. The first kappa shape index (κ1) is 15.0. The Morgan fingerprint density at radius 1 is 0.958 bits per heavy atom. The van der Waals surface area contributed by atoms with Crippen molar-refractivity contribution in [1.82, 2.24) is 0 Å². The molecule has 0 saturated heterocycles. The van der Waals surface area contributed by atoms with Crippen LogP contribution in [0.3, 0.4) is 0 Å². The largest absolute Gasteiger partial charge is 0.396 e. The van der Waals surface area contributed by atoms with Gasteiger partial charge in [-0.3, -0.25) is 9.59 Å². The number of Topliss-reactive ketones (excluding diaryl/α,β-unsaturated/α-hetero) is 2. The third-order valence-electron chi connectivity index (χ3n) is 5.15. The summed E-state index contributed by atoms with van der Waals surface area (Å²) in [5.41, 5.74) is 3.66. The van der Waals surface area contributed by atoms with Gasteiger partial charge in [0.25, 0.3) is 0 Å². The van der Waals surface area contributed by atoms with E-state index in [-0.39, 0.29) is 30.0 Å². The van der Waals surface area contributed by atoms with Crippen molar-refractivity contribution in [3.05, 3.63) is 58.0 Å². The van der Waals surface area contributed by atoms with E-state index >= 15 is 0 Å². The molecule has 0 spiro atoms. The van der Waals surface area contributed by atoms with E-state index in [1.165, 1.54) is 0 Å². The molecule has 2 aliphatic rings. The minimum Gasteiger partial charge on any atom is -0.396 e.